The Morgan fingerprint density at radius 2 is 1.42 bits per heavy atom. The third kappa shape index (κ3) is 4.70. The van der Waals surface area contributed by atoms with Crippen molar-refractivity contribution in [2.24, 2.45) is 0 Å². The Labute approximate surface area is 194 Å². The molecule has 0 saturated carbocycles. The number of carbonyl (C=O) groups excluding carboxylic acids is 1. The molecule has 0 aliphatic heterocycles. The highest BCUT2D eigenvalue weighted by Crippen LogP contribution is 2.41. The lowest BCUT2D eigenvalue weighted by atomic mass is 9.86. The van der Waals surface area contributed by atoms with Gasteiger partial charge in [0.05, 0.1) is 31.9 Å². The van der Waals surface area contributed by atoms with E-state index in [1.165, 1.54) is 21.9 Å². The maximum atomic E-state index is 11.7. The highest BCUT2D eigenvalue weighted by molar-refractivity contribution is 5.92. The highest BCUT2D eigenvalue weighted by atomic mass is 16.5. The minimum Gasteiger partial charge on any atom is -0.495 e. The molecule has 0 atom stereocenters. The first kappa shape index (κ1) is 22.8. The normalized spacial score (nSPS) is 11.4. The van der Waals surface area contributed by atoms with Gasteiger partial charge in [-0.15, -0.1) is 0 Å². The SMILES string of the molecule is CCOC(=O)CCCCCC(c1c[nH]c2c(OC)cccc12)c1c[nH]c2c(OC)cccc12. The van der Waals surface area contributed by atoms with Crippen molar-refractivity contribution in [3.05, 3.63) is 59.9 Å². The van der Waals surface area contributed by atoms with Crippen LogP contribution in [-0.4, -0.2) is 36.8 Å². The molecule has 2 N–H and O–H groups in total. The molecular weight excluding hydrogens is 416 g/mol. The van der Waals surface area contributed by atoms with E-state index in [1.807, 2.05) is 31.2 Å². The van der Waals surface area contributed by atoms with Crippen LogP contribution in [0.2, 0.25) is 0 Å². The highest BCUT2D eigenvalue weighted by Gasteiger charge is 2.23. The number of fused-ring (bicyclic) bond motifs is 2. The molecule has 6 heteroatoms. The number of rotatable bonds is 11. The number of aromatic amines is 2. The predicted molar refractivity (Wildman–Crippen MR) is 131 cm³/mol. The lowest BCUT2D eigenvalue weighted by Gasteiger charge is -2.17. The van der Waals surface area contributed by atoms with Gasteiger partial charge in [-0.2, -0.15) is 0 Å². The van der Waals surface area contributed by atoms with E-state index in [2.05, 4.69) is 34.5 Å². The molecule has 0 radical (unpaired) electrons. The molecule has 2 aromatic carbocycles. The molecule has 0 fully saturated rings. The van der Waals surface area contributed by atoms with Crippen LogP contribution in [0.25, 0.3) is 21.8 Å². The van der Waals surface area contributed by atoms with Crippen LogP contribution in [0.15, 0.2) is 48.8 Å². The minimum absolute atomic E-state index is 0.110. The Morgan fingerprint density at radius 1 is 0.848 bits per heavy atom. The van der Waals surface area contributed by atoms with Crippen LogP contribution in [0.3, 0.4) is 0 Å². The zero-order chi connectivity index (χ0) is 23.2. The van der Waals surface area contributed by atoms with Gasteiger partial charge in [-0.05, 0) is 43.0 Å². The van der Waals surface area contributed by atoms with E-state index in [0.29, 0.717) is 13.0 Å². The molecule has 0 unspecified atom stereocenters. The summed E-state index contributed by atoms with van der Waals surface area (Å²) in [7, 11) is 3.39. The van der Waals surface area contributed by atoms with Gasteiger partial charge in [0.15, 0.2) is 0 Å². The first-order chi connectivity index (χ1) is 16.2. The summed E-state index contributed by atoms with van der Waals surface area (Å²) in [6, 6.07) is 12.3. The van der Waals surface area contributed by atoms with Gasteiger partial charge >= 0.3 is 5.97 Å². The second kappa shape index (κ2) is 10.5. The van der Waals surface area contributed by atoms with E-state index in [4.69, 9.17) is 14.2 Å². The van der Waals surface area contributed by atoms with Gasteiger partial charge in [0.1, 0.15) is 11.5 Å². The van der Waals surface area contributed by atoms with E-state index in [9.17, 15) is 4.79 Å². The smallest absolute Gasteiger partial charge is 0.305 e. The third-order valence-electron chi connectivity index (χ3n) is 6.29. The summed E-state index contributed by atoms with van der Waals surface area (Å²) in [5.41, 5.74) is 4.52. The van der Waals surface area contributed by atoms with Crippen molar-refractivity contribution in [1.29, 1.82) is 0 Å². The summed E-state index contributed by atoms with van der Waals surface area (Å²) in [6.45, 7) is 2.28. The van der Waals surface area contributed by atoms with Gasteiger partial charge in [0.2, 0.25) is 0 Å². The predicted octanol–water partition coefficient (Wildman–Crippen LogP) is 6.31. The number of ether oxygens (including phenoxy) is 3. The molecule has 0 saturated heterocycles. The third-order valence-corrected chi connectivity index (χ3v) is 6.29. The lowest BCUT2D eigenvalue weighted by molar-refractivity contribution is -0.143. The Hall–Kier alpha value is -3.41. The molecule has 174 valence electrons. The molecule has 2 heterocycles. The van der Waals surface area contributed by atoms with E-state index in [-0.39, 0.29) is 11.9 Å². The fourth-order valence-electron chi connectivity index (χ4n) is 4.72. The van der Waals surface area contributed by atoms with Crippen LogP contribution >= 0.6 is 0 Å². The van der Waals surface area contributed by atoms with Crippen molar-refractivity contribution in [2.45, 2.75) is 44.9 Å². The van der Waals surface area contributed by atoms with Gasteiger partial charge in [-0.25, -0.2) is 0 Å². The van der Waals surface area contributed by atoms with Crippen molar-refractivity contribution < 1.29 is 19.0 Å². The number of hydrogen-bond acceptors (Lipinski definition) is 4. The molecule has 0 spiro atoms. The number of benzene rings is 2. The fourth-order valence-corrected chi connectivity index (χ4v) is 4.72. The average molecular weight is 449 g/mol. The summed E-state index contributed by atoms with van der Waals surface area (Å²) in [5, 5.41) is 2.34. The zero-order valence-electron chi connectivity index (χ0n) is 19.6. The monoisotopic (exact) mass is 448 g/mol. The Bertz CT molecular complexity index is 1140. The van der Waals surface area contributed by atoms with Crippen molar-refractivity contribution in [3.8, 4) is 11.5 Å². The van der Waals surface area contributed by atoms with Crippen LogP contribution in [-0.2, 0) is 9.53 Å². The Morgan fingerprint density at radius 3 is 1.94 bits per heavy atom. The molecular formula is C27H32N2O4. The van der Waals surface area contributed by atoms with Crippen molar-refractivity contribution in [2.75, 3.05) is 20.8 Å². The summed E-state index contributed by atoms with van der Waals surface area (Å²) in [4.78, 5) is 18.5. The maximum Gasteiger partial charge on any atom is 0.305 e. The zero-order valence-corrected chi connectivity index (χ0v) is 19.6. The van der Waals surface area contributed by atoms with Gasteiger partial charge in [-0.1, -0.05) is 37.1 Å². The number of unbranched alkanes of at least 4 members (excludes halogenated alkanes) is 2. The van der Waals surface area contributed by atoms with Crippen molar-refractivity contribution in [1.82, 2.24) is 9.97 Å². The quantitative estimate of drug-likeness (QED) is 0.208. The topological polar surface area (TPSA) is 76.3 Å². The Kier molecular flexibility index (Phi) is 7.23. The number of nitrogens with one attached hydrogen (secondary N) is 2. The van der Waals surface area contributed by atoms with Crippen molar-refractivity contribution >= 4 is 27.8 Å². The summed E-state index contributed by atoms with van der Waals surface area (Å²) < 4.78 is 16.2. The molecule has 0 amide bonds. The molecule has 6 nitrogen and oxygen atoms in total. The lowest BCUT2D eigenvalue weighted by Crippen LogP contribution is -2.04. The Balaban J connectivity index is 1.65. The number of esters is 1. The molecule has 4 aromatic rings. The molecule has 0 bridgehead atoms. The van der Waals surface area contributed by atoms with Crippen molar-refractivity contribution in [3.63, 3.8) is 0 Å². The van der Waals surface area contributed by atoms with Gasteiger partial charge in [0, 0.05) is 35.5 Å². The summed E-state index contributed by atoms with van der Waals surface area (Å²) in [6.07, 6.45) is 8.49. The van der Waals surface area contributed by atoms with E-state index in [0.717, 1.165) is 48.2 Å². The van der Waals surface area contributed by atoms with Crippen LogP contribution in [0.1, 0.15) is 56.1 Å². The molecule has 4 rings (SSSR count). The first-order valence-corrected chi connectivity index (χ1v) is 11.6. The van der Waals surface area contributed by atoms with Gasteiger partial charge in [-0.3, -0.25) is 4.79 Å². The summed E-state index contributed by atoms with van der Waals surface area (Å²) >= 11 is 0. The van der Waals surface area contributed by atoms with Gasteiger partial charge in [0.25, 0.3) is 0 Å². The number of hydrogen-bond donors (Lipinski definition) is 2. The number of para-hydroxylation sites is 2. The maximum absolute atomic E-state index is 11.7. The largest absolute Gasteiger partial charge is 0.495 e. The first-order valence-electron chi connectivity index (χ1n) is 11.6. The standard InChI is InChI=1S/C27H32N2O4/c1-4-33-25(30)15-7-5-6-10-18(21-16-28-26-19(21)11-8-13-23(26)31-2)22-17-29-27-20(22)12-9-14-24(27)32-3/h8-9,11-14,16-18,28-29H,4-7,10,15H2,1-3H3. The van der Waals surface area contributed by atoms with Crippen LogP contribution in [0.4, 0.5) is 0 Å². The number of H-pyrrole nitrogens is 2. The van der Waals surface area contributed by atoms with Crippen LogP contribution < -0.4 is 9.47 Å². The minimum atomic E-state index is -0.110. The number of carbonyl (C=O) groups is 1. The van der Waals surface area contributed by atoms with Crippen LogP contribution in [0.5, 0.6) is 11.5 Å². The summed E-state index contributed by atoms with van der Waals surface area (Å²) in [5.74, 6) is 1.76. The van der Waals surface area contributed by atoms with Gasteiger partial charge < -0.3 is 24.2 Å². The van der Waals surface area contributed by atoms with E-state index < -0.39 is 0 Å². The molecule has 0 aliphatic rings. The second-order valence-corrected chi connectivity index (χ2v) is 8.21. The molecule has 2 aromatic heterocycles. The average Bonchev–Trinajstić information content (AvgIpc) is 3.46. The fraction of sp³-hybridized carbons (Fsp3) is 0.370. The molecule has 0 aliphatic carbocycles. The van der Waals surface area contributed by atoms with E-state index >= 15 is 0 Å². The van der Waals surface area contributed by atoms with E-state index in [1.54, 1.807) is 14.2 Å². The number of aromatic nitrogens is 2. The number of methoxy groups -OCH3 is 2. The van der Waals surface area contributed by atoms with Crippen LogP contribution in [0, 0.1) is 0 Å². The second-order valence-electron chi connectivity index (χ2n) is 8.21. The molecule has 33 heavy (non-hydrogen) atoms.